The molecule has 0 aliphatic heterocycles. The van der Waals surface area contributed by atoms with Crippen LogP contribution in [-0.2, 0) is 0 Å². The second kappa shape index (κ2) is 8.42. The zero-order chi connectivity index (χ0) is 21.7. The van der Waals surface area contributed by atoms with Crippen molar-refractivity contribution in [3.05, 3.63) is 23.3 Å². The summed E-state index contributed by atoms with van der Waals surface area (Å²) in [6, 6.07) is 0. The van der Waals surface area contributed by atoms with Crippen LogP contribution in [0.4, 0.5) is 0 Å². The zero-order valence-electron chi connectivity index (χ0n) is 20.7. The van der Waals surface area contributed by atoms with Crippen LogP contribution in [0.3, 0.4) is 0 Å². The fraction of sp³-hybridized carbons (Fsp3) is 0.862. The second-order valence-electron chi connectivity index (χ2n) is 12.5. The van der Waals surface area contributed by atoms with Crippen LogP contribution in [0, 0.1) is 46.3 Å². The molecule has 8 atom stereocenters. The number of fused-ring (bicyclic) bond motifs is 5. The molecule has 1 N–H and O–H groups in total. The molecule has 0 spiro atoms. The Bertz CT molecular complexity index is 686. The van der Waals surface area contributed by atoms with E-state index in [9.17, 15) is 5.11 Å². The predicted molar refractivity (Wildman–Crippen MR) is 128 cm³/mol. The van der Waals surface area contributed by atoms with E-state index in [2.05, 4.69) is 53.7 Å². The molecular weight excluding hydrogens is 364 g/mol. The highest BCUT2D eigenvalue weighted by molar-refractivity contribution is 5.38. The standard InChI is InChI=1S/C29H48O/c1-7-21(19(2)3)9-8-20(4)25-12-13-26-24-11-10-22-18-23(30)14-16-28(22,5)27(24)15-17-29(25,26)6/h10-11,19-21,23,25-27,30H,7-9,12-18H2,1-6H3/t20-,21?,23?,25?,26?,27?,28?,29?/m1/s1. The Balaban J connectivity index is 1.51. The molecule has 1 heteroatoms. The van der Waals surface area contributed by atoms with Gasteiger partial charge in [-0.3, -0.25) is 0 Å². The highest BCUT2D eigenvalue weighted by atomic mass is 16.3. The Morgan fingerprint density at radius 3 is 2.43 bits per heavy atom. The maximum absolute atomic E-state index is 10.2. The summed E-state index contributed by atoms with van der Waals surface area (Å²) in [5.41, 5.74) is 4.17. The molecule has 4 rings (SSSR count). The molecule has 4 aliphatic rings. The molecule has 0 aromatic rings. The van der Waals surface area contributed by atoms with Gasteiger partial charge in [-0.15, -0.1) is 0 Å². The third-order valence-corrected chi connectivity index (χ3v) is 10.8. The molecule has 30 heavy (non-hydrogen) atoms. The lowest BCUT2D eigenvalue weighted by Gasteiger charge is -2.55. The average Bonchev–Trinajstić information content (AvgIpc) is 3.06. The third-order valence-electron chi connectivity index (χ3n) is 10.8. The summed E-state index contributed by atoms with van der Waals surface area (Å²) in [6.45, 7) is 15.0. The van der Waals surface area contributed by atoms with Gasteiger partial charge in [0.05, 0.1) is 6.10 Å². The van der Waals surface area contributed by atoms with Crippen molar-refractivity contribution in [2.45, 2.75) is 112 Å². The van der Waals surface area contributed by atoms with Crippen molar-refractivity contribution in [1.82, 2.24) is 0 Å². The lowest BCUT2D eigenvalue weighted by molar-refractivity contribution is 0.0315. The maximum Gasteiger partial charge on any atom is 0.0578 e. The lowest BCUT2D eigenvalue weighted by atomic mass is 9.50. The maximum atomic E-state index is 10.2. The molecule has 0 radical (unpaired) electrons. The van der Waals surface area contributed by atoms with Gasteiger partial charge in [-0.05, 0) is 97.7 Å². The smallest absolute Gasteiger partial charge is 0.0578 e. The molecular formula is C29H48O. The summed E-state index contributed by atoms with van der Waals surface area (Å²) in [6.07, 6.45) is 17.8. The van der Waals surface area contributed by atoms with Crippen LogP contribution in [0.15, 0.2) is 23.3 Å². The minimum atomic E-state index is -0.109. The van der Waals surface area contributed by atoms with Crippen molar-refractivity contribution in [2.24, 2.45) is 46.3 Å². The van der Waals surface area contributed by atoms with E-state index >= 15 is 0 Å². The first-order chi connectivity index (χ1) is 14.2. The van der Waals surface area contributed by atoms with Gasteiger partial charge in [-0.2, -0.15) is 0 Å². The van der Waals surface area contributed by atoms with Gasteiger partial charge in [-0.1, -0.05) is 77.7 Å². The van der Waals surface area contributed by atoms with E-state index in [1.54, 1.807) is 11.1 Å². The summed E-state index contributed by atoms with van der Waals surface area (Å²) in [4.78, 5) is 0. The topological polar surface area (TPSA) is 20.2 Å². The number of rotatable bonds is 6. The molecule has 170 valence electrons. The predicted octanol–water partition coefficient (Wildman–Crippen LogP) is 7.94. The number of aliphatic hydroxyl groups is 1. The molecule has 0 amide bonds. The van der Waals surface area contributed by atoms with E-state index in [1.807, 2.05) is 0 Å². The van der Waals surface area contributed by atoms with Crippen LogP contribution in [0.2, 0.25) is 0 Å². The van der Waals surface area contributed by atoms with E-state index in [0.29, 0.717) is 10.8 Å². The average molecular weight is 413 g/mol. The summed E-state index contributed by atoms with van der Waals surface area (Å²) in [5.74, 6) is 5.03. The molecule has 0 bridgehead atoms. The van der Waals surface area contributed by atoms with Crippen LogP contribution in [0.25, 0.3) is 0 Å². The molecule has 4 aliphatic carbocycles. The highest BCUT2D eigenvalue weighted by Crippen LogP contribution is 2.66. The monoisotopic (exact) mass is 412 g/mol. The summed E-state index contributed by atoms with van der Waals surface area (Å²) < 4.78 is 0. The van der Waals surface area contributed by atoms with E-state index in [4.69, 9.17) is 0 Å². The van der Waals surface area contributed by atoms with Gasteiger partial charge < -0.3 is 5.11 Å². The van der Waals surface area contributed by atoms with Gasteiger partial charge >= 0.3 is 0 Å². The van der Waals surface area contributed by atoms with Gasteiger partial charge in [0, 0.05) is 0 Å². The van der Waals surface area contributed by atoms with Gasteiger partial charge in [0.1, 0.15) is 0 Å². The molecule has 0 aromatic carbocycles. The van der Waals surface area contributed by atoms with Crippen molar-refractivity contribution in [3.8, 4) is 0 Å². The van der Waals surface area contributed by atoms with Gasteiger partial charge in [0.2, 0.25) is 0 Å². The number of allylic oxidation sites excluding steroid dienone is 3. The first kappa shape index (κ1) is 22.6. The van der Waals surface area contributed by atoms with Gasteiger partial charge in [0.25, 0.3) is 0 Å². The SMILES string of the molecule is CCC(CC[C@@H](C)C1CCC2C3=CC=C4CC(O)CCC4(C)C3CCC21C)C(C)C. The number of hydrogen-bond donors (Lipinski definition) is 1. The molecule has 0 heterocycles. The van der Waals surface area contributed by atoms with E-state index in [0.717, 1.165) is 48.3 Å². The molecule has 3 fully saturated rings. The first-order valence-electron chi connectivity index (χ1n) is 13.3. The van der Waals surface area contributed by atoms with E-state index in [-0.39, 0.29) is 6.10 Å². The van der Waals surface area contributed by atoms with Crippen molar-refractivity contribution in [3.63, 3.8) is 0 Å². The van der Waals surface area contributed by atoms with Crippen molar-refractivity contribution < 1.29 is 5.11 Å². The van der Waals surface area contributed by atoms with Crippen LogP contribution in [0.5, 0.6) is 0 Å². The number of hydrogen-bond acceptors (Lipinski definition) is 1. The Hall–Kier alpha value is -0.560. The van der Waals surface area contributed by atoms with Crippen LogP contribution in [0.1, 0.15) is 106 Å². The number of aliphatic hydroxyl groups excluding tert-OH is 1. The molecule has 7 unspecified atom stereocenters. The van der Waals surface area contributed by atoms with Gasteiger partial charge in [0.15, 0.2) is 0 Å². The minimum absolute atomic E-state index is 0.109. The second-order valence-corrected chi connectivity index (χ2v) is 12.5. The summed E-state index contributed by atoms with van der Waals surface area (Å²) in [5, 5.41) is 10.2. The fourth-order valence-corrected chi connectivity index (χ4v) is 8.65. The Morgan fingerprint density at radius 1 is 0.967 bits per heavy atom. The van der Waals surface area contributed by atoms with Crippen LogP contribution < -0.4 is 0 Å². The quantitative estimate of drug-likeness (QED) is 0.469. The van der Waals surface area contributed by atoms with Crippen molar-refractivity contribution in [2.75, 3.05) is 0 Å². The van der Waals surface area contributed by atoms with Crippen molar-refractivity contribution in [1.29, 1.82) is 0 Å². The van der Waals surface area contributed by atoms with Crippen LogP contribution >= 0.6 is 0 Å². The lowest BCUT2D eigenvalue weighted by Crippen LogP contribution is -2.46. The normalized spacial score (nSPS) is 42.7. The fourth-order valence-electron chi connectivity index (χ4n) is 8.65. The van der Waals surface area contributed by atoms with Gasteiger partial charge in [-0.25, -0.2) is 0 Å². The van der Waals surface area contributed by atoms with E-state index in [1.165, 1.54) is 51.4 Å². The van der Waals surface area contributed by atoms with E-state index < -0.39 is 0 Å². The minimum Gasteiger partial charge on any atom is -0.393 e. The summed E-state index contributed by atoms with van der Waals surface area (Å²) in [7, 11) is 0. The zero-order valence-corrected chi connectivity index (χ0v) is 20.7. The summed E-state index contributed by atoms with van der Waals surface area (Å²) >= 11 is 0. The Kier molecular flexibility index (Phi) is 6.35. The molecule has 0 aromatic heterocycles. The Labute approximate surface area is 186 Å². The van der Waals surface area contributed by atoms with Crippen LogP contribution in [-0.4, -0.2) is 11.2 Å². The van der Waals surface area contributed by atoms with Crippen molar-refractivity contribution >= 4 is 0 Å². The third kappa shape index (κ3) is 3.66. The molecule has 3 saturated carbocycles. The molecule has 0 saturated heterocycles. The Morgan fingerprint density at radius 2 is 1.73 bits per heavy atom. The highest BCUT2D eigenvalue weighted by Gasteiger charge is 2.56. The molecule has 1 nitrogen and oxygen atoms in total. The largest absolute Gasteiger partial charge is 0.393 e. The first-order valence-corrected chi connectivity index (χ1v) is 13.3.